The van der Waals surface area contributed by atoms with Gasteiger partial charge in [0.15, 0.2) is 0 Å². The van der Waals surface area contributed by atoms with Crippen LogP contribution in [0.1, 0.15) is 6.92 Å². The molecule has 1 atom stereocenters. The van der Waals surface area contributed by atoms with Crippen LogP contribution in [0.25, 0.3) is 0 Å². The van der Waals surface area contributed by atoms with Crippen molar-refractivity contribution in [1.82, 2.24) is 14.7 Å². The summed E-state index contributed by atoms with van der Waals surface area (Å²) in [5.41, 5.74) is 5.44. The lowest BCUT2D eigenvalue weighted by Crippen LogP contribution is -2.36. The van der Waals surface area contributed by atoms with Crippen LogP contribution in [-0.4, -0.2) is 40.7 Å². The first-order valence-corrected chi connectivity index (χ1v) is 5.07. The summed E-state index contributed by atoms with van der Waals surface area (Å²) < 4.78 is 1.80. The van der Waals surface area contributed by atoms with Crippen LogP contribution in [-0.2, 0) is 11.3 Å². The molecule has 1 heterocycles. The number of carbonyl (C=O) groups is 1. The van der Waals surface area contributed by atoms with Gasteiger partial charge < -0.3 is 10.6 Å². The van der Waals surface area contributed by atoms with Gasteiger partial charge in [-0.2, -0.15) is 5.10 Å². The van der Waals surface area contributed by atoms with Crippen LogP contribution in [0.5, 0.6) is 0 Å². The van der Waals surface area contributed by atoms with Gasteiger partial charge in [0.05, 0.1) is 6.54 Å². The van der Waals surface area contributed by atoms with E-state index in [1.54, 1.807) is 22.8 Å². The Hall–Kier alpha value is -1.36. The van der Waals surface area contributed by atoms with Crippen molar-refractivity contribution in [2.45, 2.75) is 13.5 Å². The summed E-state index contributed by atoms with van der Waals surface area (Å²) in [6, 6.07) is 1.87. The maximum Gasteiger partial charge on any atom is 0.226 e. The molecule has 0 aliphatic rings. The van der Waals surface area contributed by atoms with E-state index in [0.29, 0.717) is 19.6 Å². The molecule has 0 radical (unpaired) electrons. The van der Waals surface area contributed by atoms with Gasteiger partial charge in [0, 0.05) is 38.4 Å². The SMILES string of the molecule is CC(CN)C(=O)N(C)CCn1cccn1. The summed E-state index contributed by atoms with van der Waals surface area (Å²) in [7, 11) is 1.79. The predicted octanol–water partition coefficient (Wildman–Crippen LogP) is -0.0637. The zero-order valence-electron chi connectivity index (χ0n) is 9.26. The average Bonchev–Trinajstić information content (AvgIpc) is 2.76. The molecule has 0 aromatic carbocycles. The zero-order chi connectivity index (χ0) is 11.3. The number of carbonyl (C=O) groups excluding carboxylic acids is 1. The molecule has 0 spiro atoms. The summed E-state index contributed by atoms with van der Waals surface area (Å²) >= 11 is 0. The normalized spacial score (nSPS) is 12.5. The van der Waals surface area contributed by atoms with Crippen LogP contribution in [0.4, 0.5) is 0 Å². The fourth-order valence-electron chi connectivity index (χ4n) is 1.27. The second-order valence-corrected chi connectivity index (χ2v) is 3.67. The lowest BCUT2D eigenvalue weighted by Gasteiger charge is -2.20. The quantitative estimate of drug-likeness (QED) is 0.740. The van der Waals surface area contributed by atoms with E-state index in [4.69, 9.17) is 5.73 Å². The molecule has 0 saturated carbocycles. The largest absolute Gasteiger partial charge is 0.344 e. The van der Waals surface area contributed by atoms with Gasteiger partial charge in [-0.05, 0) is 6.07 Å². The molecule has 1 rings (SSSR count). The van der Waals surface area contributed by atoms with E-state index in [1.165, 1.54) is 0 Å². The van der Waals surface area contributed by atoms with E-state index in [0.717, 1.165) is 0 Å². The van der Waals surface area contributed by atoms with Crippen molar-refractivity contribution in [3.63, 3.8) is 0 Å². The van der Waals surface area contributed by atoms with Gasteiger partial charge >= 0.3 is 0 Å². The fourth-order valence-corrected chi connectivity index (χ4v) is 1.27. The Labute approximate surface area is 89.9 Å². The molecule has 15 heavy (non-hydrogen) atoms. The van der Waals surface area contributed by atoms with E-state index in [-0.39, 0.29) is 11.8 Å². The molecule has 0 saturated heterocycles. The highest BCUT2D eigenvalue weighted by Crippen LogP contribution is 1.98. The molecule has 1 amide bonds. The molecule has 0 aliphatic carbocycles. The molecule has 5 heteroatoms. The van der Waals surface area contributed by atoms with Crippen LogP contribution in [0.2, 0.25) is 0 Å². The number of aromatic nitrogens is 2. The summed E-state index contributed by atoms with van der Waals surface area (Å²) in [6.45, 7) is 3.61. The highest BCUT2D eigenvalue weighted by molar-refractivity contribution is 5.78. The van der Waals surface area contributed by atoms with Gasteiger partial charge in [-0.1, -0.05) is 6.92 Å². The number of hydrogen-bond acceptors (Lipinski definition) is 3. The number of likely N-dealkylation sites (N-methyl/N-ethyl adjacent to an activating group) is 1. The van der Waals surface area contributed by atoms with Crippen LogP contribution in [0.3, 0.4) is 0 Å². The minimum atomic E-state index is -0.104. The summed E-state index contributed by atoms with van der Waals surface area (Å²) in [5, 5.41) is 4.07. The third-order valence-electron chi connectivity index (χ3n) is 2.38. The molecule has 84 valence electrons. The Morgan fingerprint density at radius 1 is 1.67 bits per heavy atom. The van der Waals surface area contributed by atoms with Crippen molar-refractivity contribution in [3.05, 3.63) is 18.5 Å². The third kappa shape index (κ3) is 3.36. The number of rotatable bonds is 5. The minimum Gasteiger partial charge on any atom is -0.344 e. The van der Waals surface area contributed by atoms with Crippen LogP contribution in [0.15, 0.2) is 18.5 Å². The Bertz CT molecular complexity index is 296. The smallest absolute Gasteiger partial charge is 0.226 e. The van der Waals surface area contributed by atoms with Crippen molar-refractivity contribution < 1.29 is 4.79 Å². The maximum atomic E-state index is 11.6. The monoisotopic (exact) mass is 210 g/mol. The zero-order valence-corrected chi connectivity index (χ0v) is 9.26. The van der Waals surface area contributed by atoms with E-state index < -0.39 is 0 Å². The number of nitrogens with zero attached hydrogens (tertiary/aromatic N) is 3. The van der Waals surface area contributed by atoms with Gasteiger partial charge in [-0.3, -0.25) is 9.48 Å². The number of hydrogen-bond donors (Lipinski definition) is 1. The lowest BCUT2D eigenvalue weighted by molar-refractivity contribution is -0.133. The van der Waals surface area contributed by atoms with E-state index in [9.17, 15) is 4.79 Å². The Kier molecular flexibility index (Phi) is 4.30. The molecule has 1 aromatic heterocycles. The average molecular weight is 210 g/mol. The van der Waals surface area contributed by atoms with Crippen molar-refractivity contribution in [2.75, 3.05) is 20.1 Å². The molecule has 1 aromatic rings. The molecule has 0 bridgehead atoms. The third-order valence-corrected chi connectivity index (χ3v) is 2.38. The number of amides is 1. The first-order valence-electron chi connectivity index (χ1n) is 5.07. The lowest BCUT2D eigenvalue weighted by atomic mass is 10.1. The number of nitrogens with two attached hydrogens (primary N) is 1. The van der Waals surface area contributed by atoms with E-state index >= 15 is 0 Å². The van der Waals surface area contributed by atoms with Gasteiger partial charge in [-0.25, -0.2) is 0 Å². The summed E-state index contributed by atoms with van der Waals surface area (Å²) in [4.78, 5) is 13.3. The van der Waals surface area contributed by atoms with Gasteiger partial charge in [0.1, 0.15) is 0 Å². The fraction of sp³-hybridized carbons (Fsp3) is 0.600. The van der Waals surface area contributed by atoms with Crippen LogP contribution >= 0.6 is 0 Å². The first-order chi connectivity index (χ1) is 7.15. The van der Waals surface area contributed by atoms with Gasteiger partial charge in [0.2, 0.25) is 5.91 Å². The standard InChI is InChI=1S/C10H18N4O/c1-9(8-11)10(15)13(2)6-7-14-5-3-4-12-14/h3-5,9H,6-8,11H2,1-2H3. The molecule has 0 aliphatic heterocycles. The van der Waals surface area contributed by atoms with Gasteiger partial charge in [-0.15, -0.1) is 0 Å². The second-order valence-electron chi connectivity index (χ2n) is 3.67. The molecular formula is C10H18N4O. The van der Waals surface area contributed by atoms with Crippen molar-refractivity contribution >= 4 is 5.91 Å². The molecular weight excluding hydrogens is 192 g/mol. The molecule has 5 nitrogen and oxygen atoms in total. The van der Waals surface area contributed by atoms with Crippen molar-refractivity contribution in [2.24, 2.45) is 11.7 Å². The minimum absolute atomic E-state index is 0.0876. The predicted molar refractivity (Wildman–Crippen MR) is 58.1 cm³/mol. The highest BCUT2D eigenvalue weighted by Gasteiger charge is 2.15. The van der Waals surface area contributed by atoms with E-state index in [2.05, 4.69) is 5.10 Å². The Morgan fingerprint density at radius 2 is 2.40 bits per heavy atom. The molecule has 1 unspecified atom stereocenters. The van der Waals surface area contributed by atoms with E-state index in [1.807, 2.05) is 19.2 Å². The topological polar surface area (TPSA) is 64.2 Å². The highest BCUT2D eigenvalue weighted by atomic mass is 16.2. The molecule has 0 fully saturated rings. The first kappa shape index (κ1) is 11.7. The van der Waals surface area contributed by atoms with Gasteiger partial charge in [0.25, 0.3) is 0 Å². The second kappa shape index (κ2) is 5.50. The van der Waals surface area contributed by atoms with Crippen LogP contribution < -0.4 is 5.73 Å². The summed E-state index contributed by atoms with van der Waals surface area (Å²) in [6.07, 6.45) is 3.61. The van der Waals surface area contributed by atoms with Crippen LogP contribution in [0, 0.1) is 5.92 Å². The van der Waals surface area contributed by atoms with Crippen molar-refractivity contribution in [3.8, 4) is 0 Å². The summed E-state index contributed by atoms with van der Waals surface area (Å²) in [5.74, 6) is -0.0164. The Morgan fingerprint density at radius 3 is 2.93 bits per heavy atom. The van der Waals surface area contributed by atoms with Crippen molar-refractivity contribution in [1.29, 1.82) is 0 Å². The molecule has 2 N–H and O–H groups in total. The maximum absolute atomic E-state index is 11.6. The Balaban J connectivity index is 2.35.